The van der Waals surface area contributed by atoms with E-state index in [1.54, 1.807) is 29.4 Å². The van der Waals surface area contributed by atoms with E-state index < -0.39 is 5.60 Å². The fourth-order valence-electron chi connectivity index (χ4n) is 3.27. The van der Waals surface area contributed by atoms with Gasteiger partial charge in [0.1, 0.15) is 17.0 Å². The summed E-state index contributed by atoms with van der Waals surface area (Å²) in [5.74, 6) is 1.36. The summed E-state index contributed by atoms with van der Waals surface area (Å²) in [6, 6.07) is 7.60. The van der Waals surface area contributed by atoms with Crippen molar-refractivity contribution in [1.82, 2.24) is 15.1 Å². The number of amides is 1. The number of nitrogens with one attached hydrogen (secondary N) is 1. The summed E-state index contributed by atoms with van der Waals surface area (Å²) >= 11 is 7.69. The molecule has 30 heavy (non-hydrogen) atoms. The number of halogens is 1. The Hall–Kier alpha value is -2.58. The van der Waals surface area contributed by atoms with Gasteiger partial charge in [-0.15, -0.1) is 21.5 Å². The largest absolute Gasteiger partial charge is 0.496 e. The first kappa shape index (κ1) is 20.7. The van der Waals surface area contributed by atoms with Gasteiger partial charge < -0.3 is 19.7 Å². The molecule has 0 unspecified atom stereocenters. The van der Waals surface area contributed by atoms with Crippen LogP contribution in [0.25, 0.3) is 21.3 Å². The molecule has 1 aliphatic heterocycles. The van der Waals surface area contributed by atoms with Crippen molar-refractivity contribution in [3.05, 3.63) is 34.7 Å². The minimum Gasteiger partial charge on any atom is -0.496 e. The molecule has 1 saturated heterocycles. The molecule has 1 fully saturated rings. The lowest BCUT2D eigenvalue weighted by Crippen LogP contribution is -2.58. The number of methoxy groups -OCH3 is 1. The number of hydrogen-bond acceptors (Lipinski definition) is 7. The van der Waals surface area contributed by atoms with Gasteiger partial charge in [0.05, 0.1) is 17.9 Å². The van der Waals surface area contributed by atoms with Crippen molar-refractivity contribution < 1.29 is 14.3 Å². The quantitative estimate of drug-likeness (QED) is 0.604. The monoisotopic (exact) mass is 446 g/mol. The molecule has 9 heteroatoms. The topological polar surface area (TPSA) is 76.6 Å². The van der Waals surface area contributed by atoms with E-state index in [9.17, 15) is 4.79 Å². The second-order valence-electron chi connectivity index (χ2n) is 8.13. The zero-order valence-electron chi connectivity index (χ0n) is 17.2. The highest BCUT2D eigenvalue weighted by atomic mass is 35.5. The van der Waals surface area contributed by atoms with Gasteiger partial charge in [-0.3, -0.25) is 0 Å². The minimum absolute atomic E-state index is 0.105. The Morgan fingerprint density at radius 3 is 2.73 bits per heavy atom. The molecule has 1 N–H and O–H groups in total. The molecule has 0 atom stereocenters. The Morgan fingerprint density at radius 2 is 2.03 bits per heavy atom. The van der Waals surface area contributed by atoms with Gasteiger partial charge >= 0.3 is 6.09 Å². The van der Waals surface area contributed by atoms with Gasteiger partial charge in [-0.25, -0.2) is 4.79 Å². The summed E-state index contributed by atoms with van der Waals surface area (Å²) in [5.41, 5.74) is 1.08. The maximum Gasteiger partial charge on any atom is 0.410 e. The van der Waals surface area contributed by atoms with E-state index in [-0.39, 0.29) is 12.1 Å². The first-order chi connectivity index (χ1) is 14.2. The van der Waals surface area contributed by atoms with Crippen molar-refractivity contribution in [2.75, 3.05) is 25.5 Å². The number of aromatic nitrogens is 2. The SMILES string of the molecule is COc1cc(Cl)ccc1-c1nnc(NC2CN(C(=O)OC(C)(C)C)C2)c2sccc12. The third kappa shape index (κ3) is 4.15. The van der Waals surface area contributed by atoms with E-state index >= 15 is 0 Å². The number of rotatable bonds is 4. The van der Waals surface area contributed by atoms with Gasteiger partial charge in [-0.1, -0.05) is 11.6 Å². The van der Waals surface area contributed by atoms with Crippen LogP contribution in [0.4, 0.5) is 10.6 Å². The van der Waals surface area contributed by atoms with E-state index in [1.165, 1.54) is 0 Å². The average molecular weight is 447 g/mol. The first-order valence-corrected chi connectivity index (χ1v) is 10.8. The molecule has 3 heterocycles. The number of fused-ring (bicyclic) bond motifs is 1. The summed E-state index contributed by atoms with van der Waals surface area (Å²) < 4.78 is 11.9. The number of hydrogen-bond donors (Lipinski definition) is 1. The molecule has 0 saturated carbocycles. The van der Waals surface area contributed by atoms with Crippen LogP contribution in [-0.4, -0.2) is 53.0 Å². The number of nitrogens with zero attached hydrogens (tertiary/aromatic N) is 3. The number of carbonyl (C=O) groups is 1. The fraction of sp³-hybridized carbons (Fsp3) is 0.381. The molecule has 0 spiro atoms. The van der Waals surface area contributed by atoms with Crippen LogP contribution in [0, 0.1) is 0 Å². The van der Waals surface area contributed by atoms with Crippen molar-refractivity contribution in [2.24, 2.45) is 0 Å². The highest BCUT2D eigenvalue weighted by Gasteiger charge is 2.34. The van der Waals surface area contributed by atoms with Gasteiger partial charge in [0.25, 0.3) is 0 Å². The highest BCUT2D eigenvalue weighted by Crippen LogP contribution is 2.38. The Bertz CT molecular complexity index is 1090. The van der Waals surface area contributed by atoms with E-state index in [0.717, 1.165) is 21.3 Å². The van der Waals surface area contributed by atoms with E-state index in [4.69, 9.17) is 21.1 Å². The van der Waals surface area contributed by atoms with Crippen molar-refractivity contribution >= 4 is 44.9 Å². The maximum absolute atomic E-state index is 12.1. The Kier molecular flexibility index (Phi) is 5.46. The Morgan fingerprint density at radius 1 is 1.27 bits per heavy atom. The van der Waals surface area contributed by atoms with Gasteiger partial charge in [0.2, 0.25) is 0 Å². The summed E-state index contributed by atoms with van der Waals surface area (Å²) in [4.78, 5) is 13.8. The maximum atomic E-state index is 12.1. The zero-order chi connectivity index (χ0) is 21.5. The number of thiophene rings is 1. The first-order valence-electron chi connectivity index (χ1n) is 9.57. The standard InChI is InChI=1S/C21H23ClN4O3S/c1-21(2,3)29-20(27)26-10-13(11-26)23-19-18-15(7-8-30-18)17(24-25-19)14-6-5-12(22)9-16(14)28-4/h5-9,13H,10-11H2,1-4H3,(H,23,25). The normalized spacial score (nSPS) is 14.5. The number of benzene rings is 1. The average Bonchev–Trinajstić information content (AvgIpc) is 3.13. The fourth-order valence-corrected chi connectivity index (χ4v) is 4.28. The van der Waals surface area contributed by atoms with Crippen LogP contribution in [0.1, 0.15) is 20.8 Å². The van der Waals surface area contributed by atoms with Gasteiger partial charge in [-0.2, -0.15) is 0 Å². The summed E-state index contributed by atoms with van der Waals surface area (Å²) in [5, 5.41) is 15.9. The lowest BCUT2D eigenvalue weighted by Gasteiger charge is -2.40. The van der Waals surface area contributed by atoms with Crippen molar-refractivity contribution in [3.8, 4) is 17.0 Å². The molecule has 1 aromatic carbocycles. The van der Waals surface area contributed by atoms with Crippen molar-refractivity contribution in [2.45, 2.75) is 32.4 Å². The summed E-state index contributed by atoms with van der Waals surface area (Å²) in [6.45, 7) is 6.72. The van der Waals surface area contributed by atoms with Gasteiger partial charge in [0.15, 0.2) is 5.82 Å². The lowest BCUT2D eigenvalue weighted by atomic mass is 10.1. The van der Waals surface area contributed by atoms with Gasteiger partial charge in [0, 0.05) is 29.1 Å². The minimum atomic E-state index is -0.497. The van der Waals surface area contributed by atoms with Crippen LogP contribution in [-0.2, 0) is 4.74 Å². The Balaban J connectivity index is 1.53. The van der Waals surface area contributed by atoms with Crippen LogP contribution in [0.5, 0.6) is 5.75 Å². The van der Waals surface area contributed by atoms with E-state index in [2.05, 4.69) is 15.5 Å². The van der Waals surface area contributed by atoms with E-state index in [0.29, 0.717) is 29.7 Å². The molecule has 2 aromatic heterocycles. The lowest BCUT2D eigenvalue weighted by molar-refractivity contribution is 0.0105. The molecule has 4 rings (SSSR count). The van der Waals surface area contributed by atoms with Crippen molar-refractivity contribution in [3.63, 3.8) is 0 Å². The van der Waals surface area contributed by atoms with E-state index in [1.807, 2.05) is 44.4 Å². The van der Waals surface area contributed by atoms with Crippen LogP contribution in [0.3, 0.4) is 0 Å². The molecule has 0 radical (unpaired) electrons. The predicted molar refractivity (Wildman–Crippen MR) is 120 cm³/mol. The molecule has 3 aromatic rings. The molecular formula is C21H23ClN4O3S. The second kappa shape index (κ2) is 7.92. The Labute approximate surface area is 183 Å². The third-order valence-corrected chi connectivity index (χ3v) is 5.83. The third-order valence-electron chi connectivity index (χ3n) is 4.68. The molecule has 0 bridgehead atoms. The second-order valence-corrected chi connectivity index (χ2v) is 9.48. The molecule has 158 valence electrons. The van der Waals surface area contributed by atoms with Crippen LogP contribution >= 0.6 is 22.9 Å². The highest BCUT2D eigenvalue weighted by molar-refractivity contribution is 7.17. The molecular weight excluding hydrogens is 424 g/mol. The smallest absolute Gasteiger partial charge is 0.410 e. The molecule has 0 aliphatic carbocycles. The van der Waals surface area contributed by atoms with Crippen LogP contribution < -0.4 is 10.1 Å². The van der Waals surface area contributed by atoms with Crippen molar-refractivity contribution in [1.29, 1.82) is 0 Å². The molecule has 7 nitrogen and oxygen atoms in total. The number of anilines is 1. The number of ether oxygens (including phenoxy) is 2. The molecule has 1 aliphatic rings. The van der Waals surface area contributed by atoms with Gasteiger partial charge in [-0.05, 0) is 50.4 Å². The molecule has 1 amide bonds. The number of carbonyl (C=O) groups excluding carboxylic acids is 1. The number of likely N-dealkylation sites (tertiary alicyclic amines) is 1. The summed E-state index contributed by atoms with van der Waals surface area (Å²) in [7, 11) is 1.61. The predicted octanol–water partition coefficient (Wildman–Crippen LogP) is 5.05. The summed E-state index contributed by atoms with van der Waals surface area (Å²) in [6.07, 6.45) is -0.293. The van der Waals surface area contributed by atoms with Crippen LogP contribution in [0.2, 0.25) is 5.02 Å². The van der Waals surface area contributed by atoms with Crippen LogP contribution in [0.15, 0.2) is 29.6 Å². The zero-order valence-corrected chi connectivity index (χ0v) is 18.8.